The highest BCUT2D eigenvalue weighted by Crippen LogP contribution is 2.23. The molecule has 1 atom stereocenters. The van der Waals surface area contributed by atoms with Gasteiger partial charge in [0.2, 0.25) is 0 Å². The molecule has 1 N–H and O–H groups in total. The Morgan fingerprint density at radius 1 is 1.14 bits per heavy atom. The molecule has 0 heterocycles. The number of amides is 1. The summed E-state index contributed by atoms with van der Waals surface area (Å²) in [5, 5.41) is 6.24. The second-order valence-corrected chi connectivity index (χ2v) is 7.45. The van der Waals surface area contributed by atoms with Crippen LogP contribution in [0.25, 0.3) is 10.8 Å². The number of hydrogen-bond acceptors (Lipinski definition) is 4. The molecule has 0 radical (unpaired) electrons. The number of halogens is 1. The maximum absolute atomic E-state index is 12.3. The number of benzene rings is 3. The lowest BCUT2D eigenvalue weighted by molar-refractivity contribution is -0.127. The van der Waals surface area contributed by atoms with Crippen LogP contribution in [0.2, 0.25) is 0 Å². The zero-order valence-electron chi connectivity index (χ0n) is 16.4. The van der Waals surface area contributed by atoms with Gasteiger partial charge in [-0.3, -0.25) is 4.79 Å². The van der Waals surface area contributed by atoms with Crippen molar-refractivity contribution in [3.63, 3.8) is 0 Å². The highest BCUT2D eigenvalue weighted by Gasteiger charge is 2.14. The average molecular weight is 455 g/mol. The molecule has 0 bridgehead atoms. The average Bonchev–Trinajstić information content (AvgIpc) is 2.73. The van der Waals surface area contributed by atoms with Gasteiger partial charge in [0.15, 0.2) is 6.10 Å². The molecule has 3 aromatic rings. The van der Waals surface area contributed by atoms with E-state index in [1.54, 1.807) is 13.1 Å². The summed E-state index contributed by atoms with van der Waals surface area (Å²) in [5.74, 6) is 1.02. The fourth-order valence-electron chi connectivity index (χ4n) is 2.72. The molecule has 0 unspecified atom stereocenters. The van der Waals surface area contributed by atoms with Gasteiger partial charge in [-0.25, -0.2) is 5.43 Å². The van der Waals surface area contributed by atoms with Crippen LogP contribution in [0.15, 0.2) is 70.2 Å². The minimum atomic E-state index is -0.688. The molecule has 29 heavy (non-hydrogen) atoms. The summed E-state index contributed by atoms with van der Waals surface area (Å²) in [6, 6.07) is 19.4. The Hall–Kier alpha value is -2.86. The van der Waals surface area contributed by atoms with Crippen molar-refractivity contribution < 1.29 is 14.3 Å². The molecule has 3 aromatic carbocycles. The van der Waals surface area contributed by atoms with Crippen LogP contribution in [0.5, 0.6) is 11.5 Å². The van der Waals surface area contributed by atoms with E-state index in [4.69, 9.17) is 9.47 Å². The monoisotopic (exact) mass is 454 g/mol. The molecule has 0 aliphatic rings. The summed E-state index contributed by atoms with van der Waals surface area (Å²) in [6.45, 7) is 4.35. The van der Waals surface area contributed by atoms with Gasteiger partial charge in [0.05, 0.1) is 12.8 Å². The topological polar surface area (TPSA) is 59.9 Å². The second-order valence-electron chi connectivity index (χ2n) is 6.53. The van der Waals surface area contributed by atoms with E-state index in [0.29, 0.717) is 18.1 Å². The number of carbonyl (C=O) groups is 1. The second kappa shape index (κ2) is 10.1. The first kappa shape index (κ1) is 20.9. The van der Waals surface area contributed by atoms with Crippen molar-refractivity contribution in [1.82, 2.24) is 5.43 Å². The predicted octanol–water partition coefficient (Wildman–Crippen LogP) is 5.31. The normalized spacial score (nSPS) is 12.1. The smallest absolute Gasteiger partial charge is 0.280 e. The number of nitrogens with zero attached hydrogens (tertiary/aromatic N) is 1. The van der Waals surface area contributed by atoms with Crippen LogP contribution < -0.4 is 14.9 Å². The number of carbonyl (C=O) groups excluding carboxylic acids is 1. The highest BCUT2D eigenvalue weighted by molar-refractivity contribution is 9.10. The standard InChI is InChI=1S/C23H23BrN2O3/c1-3-12-28-22-11-9-20(24)13-19(22)15-25-26-23(27)16(2)29-21-10-8-17-6-4-5-7-18(17)14-21/h4-11,13-16H,3,12H2,1-2H3,(H,26,27)/b25-15-/t16-/m0/s1. The first-order chi connectivity index (χ1) is 14.1. The third-order valence-corrected chi connectivity index (χ3v) is 4.71. The first-order valence-corrected chi connectivity index (χ1v) is 10.3. The lowest BCUT2D eigenvalue weighted by atomic mass is 10.1. The van der Waals surface area contributed by atoms with Crippen molar-refractivity contribution >= 4 is 38.8 Å². The molecule has 1 amide bonds. The first-order valence-electron chi connectivity index (χ1n) is 9.47. The van der Waals surface area contributed by atoms with Crippen LogP contribution in [0.4, 0.5) is 0 Å². The summed E-state index contributed by atoms with van der Waals surface area (Å²) >= 11 is 3.44. The molecule has 5 nitrogen and oxygen atoms in total. The van der Waals surface area contributed by atoms with Crippen molar-refractivity contribution in [2.75, 3.05) is 6.61 Å². The number of rotatable bonds is 8. The number of nitrogens with one attached hydrogen (secondary N) is 1. The van der Waals surface area contributed by atoms with E-state index in [2.05, 4.69) is 26.5 Å². The zero-order chi connectivity index (χ0) is 20.6. The van der Waals surface area contributed by atoms with Gasteiger partial charge in [-0.2, -0.15) is 5.10 Å². The van der Waals surface area contributed by atoms with Gasteiger partial charge in [0, 0.05) is 10.0 Å². The van der Waals surface area contributed by atoms with Gasteiger partial charge in [-0.1, -0.05) is 53.2 Å². The Kier molecular flexibility index (Phi) is 7.25. The summed E-state index contributed by atoms with van der Waals surface area (Å²) < 4.78 is 12.4. The number of hydrogen-bond donors (Lipinski definition) is 1. The van der Waals surface area contributed by atoms with E-state index in [9.17, 15) is 4.79 Å². The number of hydrazone groups is 1. The number of fused-ring (bicyclic) bond motifs is 1. The lowest BCUT2D eigenvalue weighted by Crippen LogP contribution is -2.33. The summed E-state index contributed by atoms with van der Waals surface area (Å²) in [6.07, 6.45) is 1.79. The molecule has 0 aliphatic heterocycles. The SMILES string of the molecule is CCCOc1ccc(Br)cc1/C=N\NC(=O)[C@H](C)Oc1ccc2ccccc2c1. The lowest BCUT2D eigenvalue weighted by Gasteiger charge is -2.13. The van der Waals surface area contributed by atoms with Crippen LogP contribution in [-0.2, 0) is 4.79 Å². The molecule has 3 rings (SSSR count). The van der Waals surface area contributed by atoms with Crippen molar-refractivity contribution in [3.8, 4) is 11.5 Å². The molecule has 0 aliphatic carbocycles. The third-order valence-electron chi connectivity index (χ3n) is 4.21. The third kappa shape index (κ3) is 5.81. The molecule has 0 saturated carbocycles. The Bertz CT molecular complexity index is 1020. The summed E-state index contributed by atoms with van der Waals surface area (Å²) in [4.78, 5) is 12.3. The Balaban J connectivity index is 1.61. The van der Waals surface area contributed by atoms with Gasteiger partial charge in [-0.15, -0.1) is 0 Å². The van der Waals surface area contributed by atoms with Crippen LogP contribution >= 0.6 is 15.9 Å². The van der Waals surface area contributed by atoms with Gasteiger partial charge in [-0.05, 0) is 54.4 Å². The maximum atomic E-state index is 12.3. The molecule has 0 spiro atoms. The minimum absolute atomic E-state index is 0.333. The van der Waals surface area contributed by atoms with Crippen molar-refractivity contribution in [2.45, 2.75) is 26.4 Å². The Morgan fingerprint density at radius 3 is 2.72 bits per heavy atom. The van der Waals surface area contributed by atoms with Crippen molar-refractivity contribution in [2.24, 2.45) is 5.10 Å². The zero-order valence-corrected chi connectivity index (χ0v) is 18.0. The molecule has 0 aromatic heterocycles. The summed E-state index contributed by atoms with van der Waals surface area (Å²) in [7, 11) is 0. The van der Waals surface area contributed by atoms with E-state index in [1.165, 1.54) is 0 Å². The molecule has 0 fully saturated rings. The summed E-state index contributed by atoms with van der Waals surface area (Å²) in [5.41, 5.74) is 3.30. The maximum Gasteiger partial charge on any atom is 0.280 e. The van der Waals surface area contributed by atoms with Gasteiger partial charge < -0.3 is 9.47 Å². The van der Waals surface area contributed by atoms with E-state index in [1.807, 2.05) is 67.6 Å². The quantitative estimate of drug-likeness (QED) is 0.370. The Labute approximate surface area is 178 Å². The van der Waals surface area contributed by atoms with Crippen LogP contribution in [0.3, 0.4) is 0 Å². The molecule has 6 heteroatoms. The number of ether oxygens (including phenoxy) is 2. The van der Waals surface area contributed by atoms with Gasteiger partial charge >= 0.3 is 0 Å². The van der Waals surface area contributed by atoms with E-state index in [0.717, 1.165) is 27.2 Å². The highest BCUT2D eigenvalue weighted by atomic mass is 79.9. The van der Waals surface area contributed by atoms with E-state index >= 15 is 0 Å². The van der Waals surface area contributed by atoms with E-state index < -0.39 is 6.10 Å². The Morgan fingerprint density at radius 2 is 1.93 bits per heavy atom. The van der Waals surface area contributed by atoms with Crippen molar-refractivity contribution in [1.29, 1.82) is 0 Å². The fourth-order valence-corrected chi connectivity index (χ4v) is 3.10. The van der Waals surface area contributed by atoms with E-state index in [-0.39, 0.29) is 5.91 Å². The molecule has 150 valence electrons. The predicted molar refractivity (Wildman–Crippen MR) is 120 cm³/mol. The van der Waals surface area contributed by atoms with Crippen LogP contribution in [-0.4, -0.2) is 24.8 Å². The van der Waals surface area contributed by atoms with Crippen LogP contribution in [0.1, 0.15) is 25.8 Å². The fraction of sp³-hybridized carbons (Fsp3) is 0.217. The molecular weight excluding hydrogens is 432 g/mol. The van der Waals surface area contributed by atoms with Gasteiger partial charge in [0.25, 0.3) is 5.91 Å². The van der Waals surface area contributed by atoms with Crippen molar-refractivity contribution in [3.05, 3.63) is 70.7 Å². The van der Waals surface area contributed by atoms with Crippen LogP contribution in [0, 0.1) is 0 Å². The largest absolute Gasteiger partial charge is 0.493 e. The molecule has 0 saturated heterocycles. The van der Waals surface area contributed by atoms with Gasteiger partial charge in [0.1, 0.15) is 11.5 Å². The minimum Gasteiger partial charge on any atom is -0.493 e. The molecular formula is C23H23BrN2O3.